The SMILES string of the molecule is CCOCCOCCOCCOCCI. The second-order valence-corrected chi connectivity index (χ2v) is 3.80. The van der Waals surface area contributed by atoms with Crippen molar-refractivity contribution in [1.29, 1.82) is 0 Å². The van der Waals surface area contributed by atoms with Gasteiger partial charge in [-0.3, -0.25) is 0 Å². The number of hydrogen-bond acceptors (Lipinski definition) is 4. The molecule has 0 N–H and O–H groups in total. The molecule has 0 atom stereocenters. The van der Waals surface area contributed by atoms with Gasteiger partial charge in [-0.1, -0.05) is 22.6 Å². The Bertz CT molecular complexity index is 102. The van der Waals surface area contributed by atoms with E-state index in [1.54, 1.807) is 0 Å². The molecule has 0 aliphatic rings. The van der Waals surface area contributed by atoms with Gasteiger partial charge in [0.2, 0.25) is 0 Å². The van der Waals surface area contributed by atoms with Crippen LogP contribution < -0.4 is 0 Å². The summed E-state index contributed by atoms with van der Waals surface area (Å²) in [6, 6.07) is 0. The molecule has 4 nitrogen and oxygen atoms in total. The van der Waals surface area contributed by atoms with E-state index in [0.29, 0.717) is 39.6 Å². The molecule has 0 unspecified atom stereocenters. The Morgan fingerprint density at radius 2 is 1.07 bits per heavy atom. The maximum absolute atomic E-state index is 5.29. The van der Waals surface area contributed by atoms with Crippen LogP contribution in [0.4, 0.5) is 0 Å². The molecule has 92 valence electrons. The first-order valence-electron chi connectivity index (χ1n) is 5.28. The molecular formula is C10H21IO4. The van der Waals surface area contributed by atoms with Crippen molar-refractivity contribution in [3.63, 3.8) is 0 Å². The van der Waals surface area contributed by atoms with E-state index in [2.05, 4.69) is 22.6 Å². The number of ether oxygens (including phenoxy) is 4. The lowest BCUT2D eigenvalue weighted by Crippen LogP contribution is -2.12. The van der Waals surface area contributed by atoms with Crippen LogP contribution in [-0.4, -0.2) is 57.3 Å². The van der Waals surface area contributed by atoms with Gasteiger partial charge in [-0.2, -0.15) is 0 Å². The summed E-state index contributed by atoms with van der Waals surface area (Å²) in [5.74, 6) is 0. The third-order valence-electron chi connectivity index (χ3n) is 1.54. The fourth-order valence-electron chi connectivity index (χ4n) is 0.859. The summed E-state index contributed by atoms with van der Waals surface area (Å²) in [6.07, 6.45) is 0. The van der Waals surface area contributed by atoms with Crippen LogP contribution in [0.2, 0.25) is 0 Å². The van der Waals surface area contributed by atoms with Crippen LogP contribution in [0.25, 0.3) is 0 Å². The van der Waals surface area contributed by atoms with Gasteiger partial charge in [0.15, 0.2) is 0 Å². The molecule has 0 amide bonds. The average molecular weight is 332 g/mol. The highest BCUT2D eigenvalue weighted by Crippen LogP contribution is 1.84. The summed E-state index contributed by atoms with van der Waals surface area (Å²) in [6.45, 7) is 7.38. The largest absolute Gasteiger partial charge is 0.379 e. The van der Waals surface area contributed by atoms with Crippen LogP contribution in [0.3, 0.4) is 0 Å². The average Bonchev–Trinajstić information content (AvgIpc) is 2.26. The number of hydrogen-bond donors (Lipinski definition) is 0. The van der Waals surface area contributed by atoms with Gasteiger partial charge in [0.25, 0.3) is 0 Å². The fourth-order valence-corrected chi connectivity index (χ4v) is 1.17. The second-order valence-electron chi connectivity index (χ2n) is 2.72. The molecule has 0 saturated heterocycles. The molecule has 0 aliphatic carbocycles. The van der Waals surface area contributed by atoms with Gasteiger partial charge in [-0.05, 0) is 6.92 Å². The van der Waals surface area contributed by atoms with Crippen LogP contribution >= 0.6 is 22.6 Å². The maximum atomic E-state index is 5.29. The highest BCUT2D eigenvalue weighted by molar-refractivity contribution is 14.1. The van der Waals surface area contributed by atoms with E-state index in [1.165, 1.54) is 0 Å². The van der Waals surface area contributed by atoms with Gasteiger partial charge < -0.3 is 18.9 Å². The van der Waals surface area contributed by atoms with Crippen molar-refractivity contribution < 1.29 is 18.9 Å². The summed E-state index contributed by atoms with van der Waals surface area (Å²) >= 11 is 2.28. The van der Waals surface area contributed by atoms with E-state index in [1.807, 2.05) is 6.92 Å². The monoisotopic (exact) mass is 332 g/mol. The zero-order chi connectivity index (χ0) is 11.2. The molecule has 0 spiro atoms. The molecule has 0 heterocycles. The van der Waals surface area contributed by atoms with Crippen LogP contribution in [-0.2, 0) is 18.9 Å². The van der Waals surface area contributed by atoms with E-state index in [0.717, 1.165) is 17.6 Å². The molecular weight excluding hydrogens is 311 g/mol. The molecule has 0 radical (unpaired) electrons. The zero-order valence-electron chi connectivity index (χ0n) is 9.37. The summed E-state index contributed by atoms with van der Waals surface area (Å²) in [5.41, 5.74) is 0. The first-order chi connectivity index (χ1) is 7.41. The third-order valence-corrected chi connectivity index (χ3v) is 1.98. The predicted octanol–water partition coefficient (Wildman–Crippen LogP) is 1.51. The third kappa shape index (κ3) is 14.6. The van der Waals surface area contributed by atoms with E-state index >= 15 is 0 Å². The Balaban J connectivity index is 2.81. The van der Waals surface area contributed by atoms with Gasteiger partial charge in [0.1, 0.15) is 0 Å². The fraction of sp³-hybridized carbons (Fsp3) is 1.00. The number of rotatable bonds is 12. The molecule has 0 saturated carbocycles. The van der Waals surface area contributed by atoms with Gasteiger partial charge in [0.05, 0.1) is 46.2 Å². The zero-order valence-corrected chi connectivity index (χ0v) is 11.5. The van der Waals surface area contributed by atoms with Gasteiger partial charge in [-0.15, -0.1) is 0 Å². The van der Waals surface area contributed by atoms with Crippen molar-refractivity contribution in [3.05, 3.63) is 0 Å². The first-order valence-corrected chi connectivity index (χ1v) is 6.81. The topological polar surface area (TPSA) is 36.9 Å². The Kier molecular flexibility index (Phi) is 15.1. The van der Waals surface area contributed by atoms with Gasteiger partial charge in [0, 0.05) is 11.0 Å². The molecule has 0 bridgehead atoms. The molecule has 0 aromatic carbocycles. The van der Waals surface area contributed by atoms with Crippen LogP contribution in [0.1, 0.15) is 6.92 Å². The van der Waals surface area contributed by atoms with E-state index < -0.39 is 0 Å². The summed E-state index contributed by atoms with van der Waals surface area (Å²) in [5, 5.41) is 0. The standard InChI is InChI=1S/C10H21IO4/c1-2-12-5-6-14-9-10-15-8-7-13-4-3-11/h2-10H2,1H3. The minimum Gasteiger partial charge on any atom is -0.379 e. The van der Waals surface area contributed by atoms with E-state index in [-0.39, 0.29) is 0 Å². The highest BCUT2D eigenvalue weighted by atomic mass is 127. The number of alkyl halides is 1. The summed E-state index contributed by atoms with van der Waals surface area (Å²) in [7, 11) is 0. The maximum Gasteiger partial charge on any atom is 0.0701 e. The Hall–Kier alpha value is 0.570. The van der Waals surface area contributed by atoms with Crippen molar-refractivity contribution in [2.24, 2.45) is 0 Å². The highest BCUT2D eigenvalue weighted by Gasteiger charge is 1.91. The minimum atomic E-state index is 0.624. The molecule has 0 aromatic heterocycles. The lowest BCUT2D eigenvalue weighted by Gasteiger charge is -2.06. The molecule has 0 aliphatic heterocycles. The molecule has 15 heavy (non-hydrogen) atoms. The molecule has 5 heteroatoms. The normalized spacial score (nSPS) is 10.8. The smallest absolute Gasteiger partial charge is 0.0701 e. The Morgan fingerprint density at radius 1 is 0.667 bits per heavy atom. The van der Waals surface area contributed by atoms with Crippen LogP contribution in [0.5, 0.6) is 0 Å². The quantitative estimate of drug-likeness (QED) is 0.308. The van der Waals surface area contributed by atoms with Gasteiger partial charge >= 0.3 is 0 Å². The molecule has 0 fully saturated rings. The van der Waals surface area contributed by atoms with Crippen LogP contribution in [0.15, 0.2) is 0 Å². The molecule has 0 rings (SSSR count). The van der Waals surface area contributed by atoms with Crippen molar-refractivity contribution >= 4 is 22.6 Å². The van der Waals surface area contributed by atoms with Gasteiger partial charge in [-0.25, -0.2) is 0 Å². The van der Waals surface area contributed by atoms with Crippen LogP contribution in [0, 0.1) is 0 Å². The van der Waals surface area contributed by atoms with Crippen molar-refractivity contribution in [1.82, 2.24) is 0 Å². The Labute approximate surface area is 106 Å². The lowest BCUT2D eigenvalue weighted by molar-refractivity contribution is 0.00134. The minimum absolute atomic E-state index is 0.624. The lowest BCUT2D eigenvalue weighted by atomic mass is 10.7. The number of halogens is 1. The Morgan fingerprint density at radius 3 is 1.47 bits per heavy atom. The van der Waals surface area contributed by atoms with E-state index in [4.69, 9.17) is 18.9 Å². The van der Waals surface area contributed by atoms with E-state index in [9.17, 15) is 0 Å². The second kappa shape index (κ2) is 14.6. The van der Waals surface area contributed by atoms with Crippen molar-refractivity contribution in [2.75, 3.05) is 57.3 Å². The predicted molar refractivity (Wildman–Crippen MR) is 67.8 cm³/mol. The van der Waals surface area contributed by atoms with Crippen molar-refractivity contribution in [2.45, 2.75) is 6.92 Å². The summed E-state index contributed by atoms with van der Waals surface area (Å²) in [4.78, 5) is 0. The first kappa shape index (κ1) is 15.6. The summed E-state index contributed by atoms with van der Waals surface area (Å²) < 4.78 is 22.0. The molecule has 0 aromatic rings. The van der Waals surface area contributed by atoms with Crippen molar-refractivity contribution in [3.8, 4) is 0 Å².